The van der Waals surface area contributed by atoms with Crippen LogP contribution < -0.4 is 15.4 Å². The van der Waals surface area contributed by atoms with Gasteiger partial charge in [-0.25, -0.2) is 4.79 Å². The van der Waals surface area contributed by atoms with E-state index in [1.807, 2.05) is 45.0 Å². The summed E-state index contributed by atoms with van der Waals surface area (Å²) >= 11 is 1.46. The van der Waals surface area contributed by atoms with E-state index < -0.39 is 47.3 Å². The second kappa shape index (κ2) is 14.4. The molecule has 3 amide bonds. The van der Waals surface area contributed by atoms with Gasteiger partial charge in [-0.3, -0.25) is 9.59 Å². The standard InChI is InChI=1S/C33H43N3O8S/c1-20-8-5-6-9-22(20)17-34-29(38)28-33(2,3)45-19-36(28)30(39)27(37)25(16-21-11-13-23(41-4)14-12-21)35-32(40)44-26-18-43-31-24(26)10-7-15-42-31/h5-6,8-9,11-14,24-28,31,37H,7,10,15-19H2,1-4H3,(H,34,38)(H,35,40)/t24-,25-,26-,27-,28+,31+/m0/s1. The molecule has 3 fully saturated rings. The first-order valence-electron chi connectivity index (χ1n) is 15.4. The molecule has 3 saturated heterocycles. The Morgan fingerprint density at radius 2 is 1.89 bits per heavy atom. The molecule has 5 rings (SSSR count). The van der Waals surface area contributed by atoms with Gasteiger partial charge in [-0.05, 0) is 68.9 Å². The summed E-state index contributed by atoms with van der Waals surface area (Å²) in [7, 11) is 1.57. The smallest absolute Gasteiger partial charge is 0.407 e. The van der Waals surface area contributed by atoms with E-state index in [1.165, 1.54) is 16.7 Å². The number of thioether (sulfide) groups is 1. The molecule has 0 saturated carbocycles. The number of methoxy groups -OCH3 is 1. The molecule has 11 nitrogen and oxygen atoms in total. The molecule has 0 unspecified atom stereocenters. The quantitative estimate of drug-likeness (QED) is 0.358. The number of amides is 3. The van der Waals surface area contributed by atoms with Gasteiger partial charge in [0.15, 0.2) is 12.4 Å². The molecule has 6 atom stereocenters. The molecule has 0 radical (unpaired) electrons. The highest BCUT2D eigenvalue weighted by molar-refractivity contribution is 8.00. The summed E-state index contributed by atoms with van der Waals surface area (Å²) in [6, 6.07) is 13.1. The summed E-state index contributed by atoms with van der Waals surface area (Å²) in [4.78, 5) is 42.1. The van der Waals surface area contributed by atoms with Crippen LogP contribution in [0.25, 0.3) is 0 Å². The number of alkyl carbamates (subject to hydrolysis) is 1. The number of nitrogens with zero attached hydrogens (tertiary/aromatic N) is 1. The fourth-order valence-corrected chi connectivity index (χ4v) is 7.31. The summed E-state index contributed by atoms with van der Waals surface area (Å²) in [5.41, 5.74) is 2.80. The minimum atomic E-state index is -1.65. The lowest BCUT2D eigenvalue weighted by atomic mass is 9.96. The van der Waals surface area contributed by atoms with Crippen LogP contribution in [0.3, 0.4) is 0 Å². The van der Waals surface area contributed by atoms with Crippen molar-refractivity contribution in [2.75, 3.05) is 26.2 Å². The van der Waals surface area contributed by atoms with Crippen LogP contribution in [0, 0.1) is 12.8 Å². The zero-order valence-corrected chi connectivity index (χ0v) is 27.0. The number of rotatable bonds is 10. The van der Waals surface area contributed by atoms with E-state index in [0.717, 1.165) is 29.5 Å². The highest BCUT2D eigenvalue weighted by Gasteiger charge is 2.50. The Bertz CT molecular complexity index is 1360. The zero-order chi connectivity index (χ0) is 32.1. The maximum absolute atomic E-state index is 14.0. The lowest BCUT2D eigenvalue weighted by molar-refractivity contribution is -0.152. The van der Waals surface area contributed by atoms with Crippen molar-refractivity contribution < 1.29 is 38.4 Å². The Hall–Kier alpha value is -3.32. The number of nitrogens with one attached hydrogen (secondary N) is 2. The van der Waals surface area contributed by atoms with Crippen LogP contribution >= 0.6 is 11.8 Å². The molecule has 3 aliphatic rings. The Labute approximate surface area is 268 Å². The van der Waals surface area contributed by atoms with Crippen LogP contribution in [0.5, 0.6) is 5.75 Å². The van der Waals surface area contributed by atoms with Crippen LogP contribution in [-0.4, -0.2) is 89.4 Å². The van der Waals surface area contributed by atoms with Crippen LogP contribution in [0.15, 0.2) is 48.5 Å². The van der Waals surface area contributed by atoms with E-state index in [0.29, 0.717) is 18.9 Å². The van der Waals surface area contributed by atoms with E-state index in [1.54, 1.807) is 31.4 Å². The number of aliphatic hydroxyl groups is 1. The topological polar surface area (TPSA) is 136 Å². The fourth-order valence-electron chi connectivity index (χ4n) is 6.17. The van der Waals surface area contributed by atoms with Gasteiger partial charge in [0.05, 0.1) is 25.6 Å². The molecule has 45 heavy (non-hydrogen) atoms. The van der Waals surface area contributed by atoms with Crippen molar-refractivity contribution in [3.8, 4) is 5.75 Å². The Morgan fingerprint density at radius 3 is 2.62 bits per heavy atom. The predicted octanol–water partition coefficient (Wildman–Crippen LogP) is 3.15. The second-order valence-electron chi connectivity index (χ2n) is 12.3. The Kier molecular flexibility index (Phi) is 10.6. The van der Waals surface area contributed by atoms with Gasteiger partial charge in [0, 0.05) is 23.8 Å². The zero-order valence-electron chi connectivity index (χ0n) is 26.2. The Balaban J connectivity index is 1.31. The normalized spacial score (nSPS) is 25.1. The summed E-state index contributed by atoms with van der Waals surface area (Å²) < 4.78 is 21.7. The number of carbonyl (C=O) groups is 3. The van der Waals surface area contributed by atoms with Crippen molar-refractivity contribution in [2.45, 2.75) is 81.9 Å². The van der Waals surface area contributed by atoms with Crippen LogP contribution in [0.2, 0.25) is 0 Å². The molecule has 0 aliphatic carbocycles. The lowest BCUT2D eigenvalue weighted by Crippen LogP contribution is -2.58. The molecule has 0 bridgehead atoms. The third-order valence-corrected chi connectivity index (χ3v) is 10.2. The molecule has 3 heterocycles. The van der Waals surface area contributed by atoms with E-state index >= 15 is 0 Å². The van der Waals surface area contributed by atoms with Crippen molar-refractivity contribution in [1.29, 1.82) is 0 Å². The molecule has 0 spiro atoms. The maximum Gasteiger partial charge on any atom is 0.407 e. The largest absolute Gasteiger partial charge is 0.497 e. The summed E-state index contributed by atoms with van der Waals surface area (Å²) in [5.74, 6) is -0.154. The van der Waals surface area contributed by atoms with Gasteiger partial charge >= 0.3 is 6.09 Å². The van der Waals surface area contributed by atoms with Crippen molar-refractivity contribution in [2.24, 2.45) is 5.92 Å². The lowest BCUT2D eigenvalue weighted by Gasteiger charge is -2.33. The molecule has 2 aromatic carbocycles. The fraction of sp³-hybridized carbons (Fsp3) is 0.545. The summed E-state index contributed by atoms with van der Waals surface area (Å²) in [6.45, 7) is 6.93. The average Bonchev–Trinajstić information content (AvgIpc) is 3.59. The summed E-state index contributed by atoms with van der Waals surface area (Å²) in [5, 5.41) is 17.3. The molecule has 2 aromatic rings. The Morgan fingerprint density at radius 1 is 1.13 bits per heavy atom. The number of aliphatic hydroxyl groups excluding tert-OH is 1. The van der Waals surface area contributed by atoms with E-state index in [9.17, 15) is 19.5 Å². The number of ether oxygens (including phenoxy) is 4. The number of aryl methyl sites for hydroxylation is 1. The molecule has 12 heteroatoms. The molecule has 0 aromatic heterocycles. The minimum Gasteiger partial charge on any atom is -0.497 e. The van der Waals surface area contributed by atoms with Crippen LogP contribution in [-0.2, 0) is 36.8 Å². The molecular formula is C33H43N3O8S. The highest BCUT2D eigenvalue weighted by Crippen LogP contribution is 2.40. The van der Waals surface area contributed by atoms with Crippen molar-refractivity contribution in [3.05, 3.63) is 65.2 Å². The third-order valence-electron chi connectivity index (χ3n) is 8.82. The SMILES string of the molecule is COc1ccc(C[C@H](NC(=O)O[C@H]2CO[C@H]3OCCC[C@H]32)[C@H](O)C(=O)N2CSC(C)(C)[C@H]2C(=O)NCc2ccccc2C)cc1. The average molecular weight is 642 g/mol. The third kappa shape index (κ3) is 7.74. The minimum absolute atomic E-state index is 0.0705. The number of benzene rings is 2. The first-order valence-corrected chi connectivity index (χ1v) is 16.3. The maximum atomic E-state index is 14.0. The summed E-state index contributed by atoms with van der Waals surface area (Å²) in [6.07, 6.45) is -1.50. The molecular weight excluding hydrogens is 598 g/mol. The van der Waals surface area contributed by atoms with Crippen LogP contribution in [0.4, 0.5) is 4.79 Å². The number of hydrogen-bond acceptors (Lipinski definition) is 9. The van der Waals surface area contributed by atoms with Crippen molar-refractivity contribution in [3.63, 3.8) is 0 Å². The highest BCUT2D eigenvalue weighted by atomic mass is 32.2. The van der Waals surface area contributed by atoms with E-state index in [2.05, 4.69) is 10.6 Å². The number of carbonyl (C=O) groups excluding carboxylic acids is 3. The predicted molar refractivity (Wildman–Crippen MR) is 169 cm³/mol. The van der Waals surface area contributed by atoms with Gasteiger partial charge in [-0.15, -0.1) is 11.8 Å². The van der Waals surface area contributed by atoms with Gasteiger partial charge in [-0.2, -0.15) is 0 Å². The second-order valence-corrected chi connectivity index (χ2v) is 13.9. The molecule has 244 valence electrons. The van der Waals surface area contributed by atoms with Gasteiger partial charge in [0.2, 0.25) is 5.91 Å². The number of hydrogen-bond donors (Lipinski definition) is 3. The molecule has 3 N–H and O–H groups in total. The first kappa shape index (κ1) is 33.1. The molecule has 3 aliphatic heterocycles. The van der Waals surface area contributed by atoms with E-state index in [4.69, 9.17) is 18.9 Å². The van der Waals surface area contributed by atoms with Gasteiger partial charge in [0.25, 0.3) is 5.91 Å². The van der Waals surface area contributed by atoms with Gasteiger partial charge < -0.3 is 39.6 Å². The first-order chi connectivity index (χ1) is 21.6. The van der Waals surface area contributed by atoms with Crippen molar-refractivity contribution >= 4 is 29.7 Å². The van der Waals surface area contributed by atoms with Gasteiger partial charge in [-0.1, -0.05) is 36.4 Å². The number of fused-ring (bicyclic) bond motifs is 1. The van der Waals surface area contributed by atoms with Gasteiger partial charge in [0.1, 0.15) is 17.9 Å². The van der Waals surface area contributed by atoms with Crippen LogP contribution in [0.1, 0.15) is 43.4 Å². The van der Waals surface area contributed by atoms with Crippen molar-refractivity contribution in [1.82, 2.24) is 15.5 Å². The van der Waals surface area contributed by atoms with E-state index in [-0.39, 0.29) is 30.7 Å². The monoisotopic (exact) mass is 641 g/mol.